The van der Waals surface area contributed by atoms with Gasteiger partial charge in [-0.25, -0.2) is 19.2 Å². The van der Waals surface area contributed by atoms with Crippen LogP contribution in [0.2, 0.25) is 0 Å². The molecule has 1 aromatic heterocycles. The lowest BCUT2D eigenvalue weighted by Crippen LogP contribution is -2.60. The third-order valence-corrected chi connectivity index (χ3v) is 5.94. The SMILES string of the molecule is CCN(C(=O)[O-])C1C[C@H](C)[N@+](C)(C(C)=O)c2ccc(-c3cnc(N)nc3)cc21.Cl. The molecule has 8 nitrogen and oxygen atoms in total. The monoisotopic (exact) mass is 419 g/mol. The molecule has 1 aromatic carbocycles. The fraction of sp³-hybridized carbons (Fsp3) is 0.400. The first kappa shape index (κ1) is 22.6. The molecule has 0 saturated carbocycles. The number of hydrogen-bond acceptors (Lipinski definition) is 6. The highest BCUT2D eigenvalue weighted by Crippen LogP contribution is 2.45. The standard InChI is InChI=1S/C20H25N5O3.ClH/c1-5-24(20(27)28)17-8-12(2)25(4,13(3)26)18-7-6-14(9-16(17)18)15-10-22-19(21)23-11-15;/h6-7,9-12,17H,5,8H2,1-4H3,(H2-,21,22,23,27,28);1H/t12-,17?,25+;/m0./s1. The second-order valence-corrected chi connectivity index (χ2v) is 7.35. The normalized spacial score (nSPS) is 22.9. The Balaban J connectivity index is 0.00000300. The van der Waals surface area contributed by atoms with Crippen LogP contribution in [0.4, 0.5) is 16.4 Å². The lowest BCUT2D eigenvalue weighted by atomic mass is 9.86. The summed E-state index contributed by atoms with van der Waals surface area (Å²) in [6.07, 6.45) is 2.55. The molecule has 2 aromatic rings. The number of carbonyl (C=O) groups excluding carboxylic acids is 2. The van der Waals surface area contributed by atoms with Crippen molar-refractivity contribution < 1.29 is 14.7 Å². The smallest absolute Gasteiger partial charge is 0.315 e. The molecule has 3 atom stereocenters. The lowest BCUT2D eigenvalue weighted by Gasteiger charge is -2.46. The average molecular weight is 420 g/mol. The number of anilines is 1. The van der Waals surface area contributed by atoms with Crippen LogP contribution in [0.5, 0.6) is 0 Å². The molecule has 0 aliphatic carbocycles. The zero-order valence-electron chi connectivity index (χ0n) is 17.0. The Bertz CT molecular complexity index is 921. The van der Waals surface area contributed by atoms with Crippen LogP contribution in [-0.2, 0) is 4.79 Å². The van der Waals surface area contributed by atoms with Crippen molar-refractivity contribution in [3.05, 3.63) is 36.2 Å². The summed E-state index contributed by atoms with van der Waals surface area (Å²) in [5, 5.41) is 11.7. The summed E-state index contributed by atoms with van der Waals surface area (Å²) in [6.45, 7) is 5.63. The van der Waals surface area contributed by atoms with Gasteiger partial charge >= 0.3 is 5.91 Å². The maximum absolute atomic E-state index is 12.6. The molecule has 156 valence electrons. The van der Waals surface area contributed by atoms with Gasteiger partial charge in [-0.05, 0) is 31.5 Å². The molecule has 3 rings (SSSR count). The molecule has 1 aliphatic rings. The minimum atomic E-state index is -1.22. The first-order valence-corrected chi connectivity index (χ1v) is 9.27. The van der Waals surface area contributed by atoms with Gasteiger partial charge in [-0.15, -0.1) is 12.4 Å². The van der Waals surface area contributed by atoms with Gasteiger partial charge in [0, 0.05) is 42.6 Å². The van der Waals surface area contributed by atoms with E-state index in [0.717, 1.165) is 22.4 Å². The summed E-state index contributed by atoms with van der Waals surface area (Å²) < 4.78 is 0.120. The van der Waals surface area contributed by atoms with Gasteiger partial charge in [-0.1, -0.05) is 0 Å². The van der Waals surface area contributed by atoms with Gasteiger partial charge in [-0.2, -0.15) is 0 Å². The van der Waals surface area contributed by atoms with Gasteiger partial charge in [0.15, 0.2) is 0 Å². The Morgan fingerprint density at radius 3 is 2.41 bits per heavy atom. The van der Waals surface area contributed by atoms with Crippen LogP contribution in [0, 0.1) is 0 Å². The molecule has 0 bridgehead atoms. The van der Waals surface area contributed by atoms with Crippen LogP contribution in [0.3, 0.4) is 0 Å². The minimum Gasteiger partial charge on any atom is -0.530 e. The molecule has 0 spiro atoms. The summed E-state index contributed by atoms with van der Waals surface area (Å²) in [5.41, 5.74) is 8.78. The Morgan fingerprint density at radius 2 is 1.90 bits per heavy atom. The van der Waals surface area contributed by atoms with Crippen molar-refractivity contribution in [1.82, 2.24) is 19.4 Å². The topological polar surface area (TPSA) is 112 Å². The maximum Gasteiger partial charge on any atom is 0.315 e. The number of carboxylic acid groups (broad SMARTS) is 1. The summed E-state index contributed by atoms with van der Waals surface area (Å²) in [6, 6.07) is 5.26. The van der Waals surface area contributed by atoms with E-state index in [4.69, 9.17) is 5.73 Å². The van der Waals surface area contributed by atoms with Crippen LogP contribution in [0.25, 0.3) is 11.1 Å². The molecular formula is C20H26ClN5O3. The fourth-order valence-electron chi connectivity index (χ4n) is 4.06. The van der Waals surface area contributed by atoms with Gasteiger partial charge in [0.2, 0.25) is 5.95 Å². The number of aromatic nitrogens is 2. The number of carbonyl (C=O) groups is 2. The zero-order valence-corrected chi connectivity index (χ0v) is 17.8. The van der Waals surface area contributed by atoms with Gasteiger partial charge in [0.25, 0.3) is 0 Å². The van der Waals surface area contributed by atoms with E-state index in [1.54, 1.807) is 26.2 Å². The van der Waals surface area contributed by atoms with Crippen molar-refractivity contribution in [2.75, 3.05) is 19.3 Å². The summed E-state index contributed by atoms with van der Waals surface area (Å²) in [7, 11) is 1.88. The summed E-state index contributed by atoms with van der Waals surface area (Å²) in [4.78, 5) is 33.7. The van der Waals surface area contributed by atoms with E-state index in [1.807, 2.05) is 32.2 Å². The molecule has 1 aliphatic heterocycles. The Labute approximate surface area is 176 Å². The van der Waals surface area contributed by atoms with Gasteiger partial charge in [0.05, 0.1) is 26.1 Å². The number of rotatable bonds is 3. The predicted octanol–water partition coefficient (Wildman–Crippen LogP) is 2.13. The maximum atomic E-state index is 12.6. The largest absolute Gasteiger partial charge is 0.530 e. The molecule has 0 saturated heterocycles. The Hall–Kier alpha value is -2.71. The van der Waals surface area contributed by atoms with E-state index in [0.29, 0.717) is 13.0 Å². The summed E-state index contributed by atoms with van der Waals surface area (Å²) >= 11 is 0. The summed E-state index contributed by atoms with van der Waals surface area (Å²) in [5.74, 6) is 0.190. The number of halogens is 1. The molecule has 2 heterocycles. The number of nitrogens with two attached hydrogens (primary N) is 1. The molecule has 0 radical (unpaired) electrons. The van der Waals surface area contributed by atoms with E-state index in [-0.39, 0.29) is 40.8 Å². The minimum absolute atomic E-state index is 0. The van der Waals surface area contributed by atoms with Crippen LogP contribution in [0.1, 0.15) is 38.8 Å². The van der Waals surface area contributed by atoms with E-state index in [2.05, 4.69) is 9.97 Å². The van der Waals surface area contributed by atoms with Crippen molar-refractivity contribution in [1.29, 1.82) is 0 Å². The van der Waals surface area contributed by atoms with E-state index in [9.17, 15) is 14.7 Å². The molecule has 29 heavy (non-hydrogen) atoms. The van der Waals surface area contributed by atoms with Crippen molar-refractivity contribution in [2.45, 2.75) is 39.3 Å². The number of benzene rings is 1. The third kappa shape index (κ3) is 3.77. The Kier molecular flexibility index (Phi) is 6.50. The molecular weight excluding hydrogens is 394 g/mol. The lowest BCUT2D eigenvalue weighted by molar-refractivity contribution is -0.268. The van der Waals surface area contributed by atoms with E-state index >= 15 is 0 Å². The predicted molar refractivity (Wildman–Crippen MR) is 112 cm³/mol. The van der Waals surface area contributed by atoms with Gasteiger partial charge in [0.1, 0.15) is 11.8 Å². The fourth-order valence-corrected chi connectivity index (χ4v) is 4.06. The highest BCUT2D eigenvalue weighted by atomic mass is 35.5. The zero-order chi connectivity index (χ0) is 20.6. The molecule has 0 fully saturated rings. The van der Waals surface area contributed by atoms with Crippen LogP contribution in [0.15, 0.2) is 30.6 Å². The molecule has 9 heteroatoms. The highest BCUT2D eigenvalue weighted by Gasteiger charge is 2.47. The number of fused-ring (bicyclic) bond motifs is 1. The first-order valence-electron chi connectivity index (χ1n) is 9.27. The number of amides is 2. The Morgan fingerprint density at radius 1 is 1.28 bits per heavy atom. The highest BCUT2D eigenvalue weighted by molar-refractivity contribution is 5.89. The first-order chi connectivity index (χ1) is 13.2. The quantitative estimate of drug-likeness (QED) is 0.762. The molecule has 2 N–H and O–H groups in total. The van der Waals surface area contributed by atoms with Crippen molar-refractivity contribution in [3.8, 4) is 11.1 Å². The van der Waals surface area contributed by atoms with Gasteiger partial charge < -0.3 is 20.5 Å². The number of nitrogen functional groups attached to an aromatic ring is 1. The molecule has 2 amide bonds. The second-order valence-electron chi connectivity index (χ2n) is 7.35. The van der Waals surface area contributed by atoms with Crippen molar-refractivity contribution in [3.63, 3.8) is 0 Å². The van der Waals surface area contributed by atoms with Crippen LogP contribution >= 0.6 is 12.4 Å². The van der Waals surface area contributed by atoms with Crippen molar-refractivity contribution in [2.24, 2.45) is 0 Å². The average Bonchev–Trinajstić information content (AvgIpc) is 2.66. The second kappa shape index (κ2) is 8.34. The van der Waals surface area contributed by atoms with Crippen LogP contribution in [-0.4, -0.2) is 46.5 Å². The number of quaternary nitrogens is 1. The van der Waals surface area contributed by atoms with E-state index in [1.165, 1.54) is 4.90 Å². The number of hydrogen-bond donors (Lipinski definition) is 1. The van der Waals surface area contributed by atoms with Crippen molar-refractivity contribution >= 4 is 36.0 Å². The third-order valence-electron chi connectivity index (χ3n) is 5.94. The molecule has 1 unspecified atom stereocenters. The number of nitrogens with zero attached hydrogens (tertiary/aromatic N) is 4. The van der Waals surface area contributed by atoms with Crippen LogP contribution < -0.4 is 15.3 Å². The van der Waals surface area contributed by atoms with E-state index < -0.39 is 6.09 Å². The van der Waals surface area contributed by atoms with Gasteiger partial charge in [-0.3, -0.25) is 0 Å².